The van der Waals surface area contributed by atoms with Crippen LogP contribution in [-0.2, 0) is 14.8 Å². The summed E-state index contributed by atoms with van der Waals surface area (Å²) in [5, 5.41) is 0.459. The third-order valence-corrected chi connectivity index (χ3v) is 6.42. The van der Waals surface area contributed by atoms with E-state index in [0.29, 0.717) is 23.6 Å². The van der Waals surface area contributed by atoms with Crippen LogP contribution < -0.4 is 4.74 Å². The van der Waals surface area contributed by atoms with Crippen LogP contribution in [0.5, 0.6) is 5.75 Å². The van der Waals surface area contributed by atoms with E-state index in [4.69, 9.17) is 16.3 Å². The summed E-state index contributed by atoms with van der Waals surface area (Å²) < 4.78 is 45.5. The van der Waals surface area contributed by atoms with E-state index in [1.807, 2.05) is 0 Å². The highest BCUT2D eigenvalue weighted by atomic mass is 35.5. The number of carbonyl (C=O) groups is 1. The van der Waals surface area contributed by atoms with E-state index >= 15 is 0 Å². The third kappa shape index (κ3) is 4.06. The summed E-state index contributed by atoms with van der Waals surface area (Å²) in [6.07, 6.45) is 0.625. The van der Waals surface area contributed by atoms with Crippen LogP contribution in [0.1, 0.15) is 12.8 Å². The van der Waals surface area contributed by atoms with Crippen molar-refractivity contribution in [1.82, 2.24) is 4.31 Å². The second kappa shape index (κ2) is 7.73. The number of halogens is 2. The molecule has 26 heavy (non-hydrogen) atoms. The fraction of sp³-hybridized carbons (Fsp3) is 0.278. The lowest BCUT2D eigenvalue weighted by Crippen LogP contribution is -2.41. The number of carbonyl (C=O) groups excluding carboxylic acids is 1. The zero-order valence-electron chi connectivity index (χ0n) is 13.8. The average Bonchev–Trinajstić information content (AvgIpc) is 2.62. The Labute approximate surface area is 156 Å². The Morgan fingerprint density at radius 3 is 2.46 bits per heavy atom. The quantitative estimate of drug-likeness (QED) is 0.585. The molecule has 1 saturated heterocycles. The Balaban J connectivity index is 1.64. The van der Waals surface area contributed by atoms with Crippen LogP contribution in [0.15, 0.2) is 53.4 Å². The molecule has 0 unspecified atom stereocenters. The van der Waals surface area contributed by atoms with Gasteiger partial charge in [-0.05, 0) is 43.2 Å². The molecule has 1 heterocycles. The highest BCUT2D eigenvalue weighted by Crippen LogP contribution is 2.27. The molecule has 3 rings (SSSR count). The van der Waals surface area contributed by atoms with Gasteiger partial charge in [0.2, 0.25) is 10.0 Å². The maximum atomic E-state index is 13.8. The van der Waals surface area contributed by atoms with E-state index < -0.39 is 27.7 Å². The SMILES string of the molecule is O=C(Oc1cccc(Cl)c1)C1CCN(S(=O)(=O)c2ccccc2F)CC1. The molecule has 138 valence electrons. The summed E-state index contributed by atoms with van der Waals surface area (Å²) in [5.41, 5.74) is 0. The van der Waals surface area contributed by atoms with Gasteiger partial charge in [-0.2, -0.15) is 4.31 Å². The van der Waals surface area contributed by atoms with E-state index in [-0.39, 0.29) is 18.0 Å². The average molecular weight is 398 g/mol. The number of hydrogen-bond donors (Lipinski definition) is 0. The summed E-state index contributed by atoms with van der Waals surface area (Å²) in [7, 11) is -3.92. The van der Waals surface area contributed by atoms with Crippen LogP contribution in [-0.4, -0.2) is 31.8 Å². The van der Waals surface area contributed by atoms with Gasteiger partial charge in [0.25, 0.3) is 0 Å². The molecule has 0 aromatic heterocycles. The van der Waals surface area contributed by atoms with Gasteiger partial charge in [-0.25, -0.2) is 12.8 Å². The molecule has 1 fully saturated rings. The molecule has 0 radical (unpaired) electrons. The van der Waals surface area contributed by atoms with Gasteiger partial charge in [0.15, 0.2) is 0 Å². The Kier molecular flexibility index (Phi) is 5.60. The first-order valence-corrected chi connectivity index (χ1v) is 9.91. The van der Waals surface area contributed by atoms with E-state index in [0.717, 1.165) is 6.07 Å². The Bertz CT molecular complexity index is 911. The number of piperidine rings is 1. The van der Waals surface area contributed by atoms with Crippen LogP contribution in [0.2, 0.25) is 5.02 Å². The van der Waals surface area contributed by atoms with Crippen molar-refractivity contribution < 1.29 is 22.3 Å². The summed E-state index contributed by atoms with van der Waals surface area (Å²) in [6, 6.07) is 11.8. The van der Waals surface area contributed by atoms with Crippen LogP contribution in [0.4, 0.5) is 4.39 Å². The number of ether oxygens (including phenoxy) is 1. The van der Waals surface area contributed by atoms with Crippen LogP contribution in [0, 0.1) is 11.7 Å². The Morgan fingerprint density at radius 2 is 1.81 bits per heavy atom. The van der Waals surface area contributed by atoms with Crippen molar-refractivity contribution in [2.24, 2.45) is 5.92 Å². The molecule has 2 aromatic rings. The Morgan fingerprint density at radius 1 is 1.12 bits per heavy atom. The van der Waals surface area contributed by atoms with Crippen LogP contribution in [0.25, 0.3) is 0 Å². The number of esters is 1. The van der Waals surface area contributed by atoms with Crippen molar-refractivity contribution in [3.8, 4) is 5.75 Å². The highest BCUT2D eigenvalue weighted by Gasteiger charge is 2.34. The molecule has 1 aliphatic rings. The van der Waals surface area contributed by atoms with Gasteiger partial charge in [0.05, 0.1) is 5.92 Å². The largest absolute Gasteiger partial charge is 0.426 e. The van der Waals surface area contributed by atoms with Gasteiger partial charge in [0.1, 0.15) is 16.5 Å². The topological polar surface area (TPSA) is 63.7 Å². The lowest BCUT2D eigenvalue weighted by atomic mass is 9.98. The van der Waals surface area contributed by atoms with E-state index in [1.54, 1.807) is 18.2 Å². The molecule has 0 saturated carbocycles. The van der Waals surface area contributed by atoms with E-state index in [1.165, 1.54) is 28.6 Å². The molecule has 1 aliphatic heterocycles. The van der Waals surface area contributed by atoms with Crippen molar-refractivity contribution >= 4 is 27.6 Å². The minimum absolute atomic E-state index is 0.131. The predicted octanol–water partition coefficient (Wildman–Crippen LogP) is 3.49. The molecule has 0 aliphatic carbocycles. The second-order valence-electron chi connectivity index (χ2n) is 5.99. The Hall–Kier alpha value is -1.96. The molecule has 5 nitrogen and oxygen atoms in total. The molecule has 0 amide bonds. The normalized spacial score (nSPS) is 16.4. The third-order valence-electron chi connectivity index (χ3n) is 4.26. The summed E-state index contributed by atoms with van der Waals surface area (Å²) >= 11 is 5.86. The fourth-order valence-electron chi connectivity index (χ4n) is 2.85. The first kappa shape index (κ1) is 18.8. The van der Waals surface area contributed by atoms with Gasteiger partial charge >= 0.3 is 5.97 Å². The van der Waals surface area contributed by atoms with Gasteiger partial charge in [0, 0.05) is 18.1 Å². The van der Waals surface area contributed by atoms with Crippen molar-refractivity contribution in [2.45, 2.75) is 17.7 Å². The second-order valence-corrected chi connectivity index (χ2v) is 8.33. The molecular formula is C18H17ClFNO4S. The van der Waals surface area contributed by atoms with Gasteiger partial charge in [-0.3, -0.25) is 4.79 Å². The zero-order chi connectivity index (χ0) is 18.7. The summed E-state index contributed by atoms with van der Waals surface area (Å²) in [4.78, 5) is 11.9. The number of rotatable bonds is 4. The van der Waals surface area contributed by atoms with E-state index in [9.17, 15) is 17.6 Å². The number of sulfonamides is 1. The van der Waals surface area contributed by atoms with Crippen molar-refractivity contribution in [1.29, 1.82) is 0 Å². The molecule has 0 N–H and O–H groups in total. The van der Waals surface area contributed by atoms with Crippen LogP contribution in [0.3, 0.4) is 0 Å². The van der Waals surface area contributed by atoms with Gasteiger partial charge in [-0.15, -0.1) is 0 Å². The number of nitrogens with zero attached hydrogens (tertiary/aromatic N) is 1. The lowest BCUT2D eigenvalue weighted by molar-refractivity contribution is -0.140. The number of benzene rings is 2. The minimum Gasteiger partial charge on any atom is -0.426 e. The number of hydrogen-bond acceptors (Lipinski definition) is 4. The first-order chi connectivity index (χ1) is 12.4. The first-order valence-electron chi connectivity index (χ1n) is 8.10. The summed E-state index contributed by atoms with van der Waals surface area (Å²) in [6.45, 7) is 0.262. The monoisotopic (exact) mass is 397 g/mol. The van der Waals surface area contributed by atoms with Crippen molar-refractivity contribution in [2.75, 3.05) is 13.1 Å². The van der Waals surface area contributed by atoms with Crippen LogP contribution >= 0.6 is 11.6 Å². The van der Waals surface area contributed by atoms with Crippen molar-refractivity contribution in [3.05, 3.63) is 59.4 Å². The van der Waals surface area contributed by atoms with Gasteiger partial charge < -0.3 is 4.74 Å². The highest BCUT2D eigenvalue weighted by molar-refractivity contribution is 7.89. The zero-order valence-corrected chi connectivity index (χ0v) is 15.3. The molecule has 0 bridgehead atoms. The molecule has 0 atom stereocenters. The van der Waals surface area contributed by atoms with E-state index in [2.05, 4.69) is 0 Å². The molecule has 2 aromatic carbocycles. The molecule has 8 heteroatoms. The van der Waals surface area contributed by atoms with Crippen molar-refractivity contribution in [3.63, 3.8) is 0 Å². The molecule has 0 spiro atoms. The predicted molar refractivity (Wildman–Crippen MR) is 95.0 cm³/mol. The lowest BCUT2D eigenvalue weighted by Gasteiger charge is -2.30. The maximum Gasteiger partial charge on any atom is 0.314 e. The fourth-order valence-corrected chi connectivity index (χ4v) is 4.57. The molecular weight excluding hydrogens is 381 g/mol. The smallest absolute Gasteiger partial charge is 0.314 e. The van der Waals surface area contributed by atoms with Gasteiger partial charge in [-0.1, -0.05) is 29.8 Å². The maximum absolute atomic E-state index is 13.8. The minimum atomic E-state index is -3.92. The summed E-state index contributed by atoms with van der Waals surface area (Å²) in [5.74, 6) is -1.27. The standard InChI is InChI=1S/C18H17ClFNO4S/c19-14-4-3-5-15(12-14)25-18(22)13-8-10-21(11-9-13)26(23,24)17-7-2-1-6-16(17)20/h1-7,12-13H,8-11H2.